The van der Waals surface area contributed by atoms with Gasteiger partial charge in [-0.15, -0.1) is 0 Å². The molecule has 0 saturated heterocycles. The van der Waals surface area contributed by atoms with Crippen molar-refractivity contribution in [3.63, 3.8) is 0 Å². The molecule has 2 aromatic carbocycles. The SMILES string of the molecule is Cc1cc(C)c(NCc2ccc(O)c(O)c2)c(C)c1. The maximum absolute atomic E-state index is 9.47. The normalized spacial score (nSPS) is 10.5. The van der Waals surface area contributed by atoms with Crippen molar-refractivity contribution in [1.29, 1.82) is 0 Å². The molecule has 0 bridgehead atoms. The third kappa shape index (κ3) is 2.99. The van der Waals surface area contributed by atoms with Crippen molar-refractivity contribution in [2.75, 3.05) is 5.32 Å². The molecule has 2 rings (SSSR count). The Hall–Kier alpha value is -2.16. The highest BCUT2D eigenvalue weighted by Gasteiger charge is 2.05. The molecule has 0 aliphatic heterocycles. The summed E-state index contributed by atoms with van der Waals surface area (Å²) in [6.07, 6.45) is 0. The third-order valence-electron chi connectivity index (χ3n) is 3.19. The molecule has 100 valence electrons. The average molecular weight is 257 g/mol. The van der Waals surface area contributed by atoms with E-state index in [4.69, 9.17) is 0 Å². The summed E-state index contributed by atoms with van der Waals surface area (Å²) in [6.45, 7) is 6.85. The van der Waals surface area contributed by atoms with Crippen molar-refractivity contribution >= 4 is 5.69 Å². The molecule has 0 atom stereocenters. The largest absolute Gasteiger partial charge is 0.504 e. The van der Waals surface area contributed by atoms with E-state index in [1.165, 1.54) is 22.8 Å². The van der Waals surface area contributed by atoms with Crippen molar-refractivity contribution in [2.24, 2.45) is 0 Å². The van der Waals surface area contributed by atoms with Gasteiger partial charge < -0.3 is 15.5 Å². The van der Waals surface area contributed by atoms with Crippen molar-refractivity contribution in [1.82, 2.24) is 0 Å². The quantitative estimate of drug-likeness (QED) is 0.736. The molecular formula is C16H19NO2. The fraction of sp³-hybridized carbons (Fsp3) is 0.250. The topological polar surface area (TPSA) is 52.5 Å². The maximum Gasteiger partial charge on any atom is 0.157 e. The van der Waals surface area contributed by atoms with E-state index in [0.29, 0.717) is 6.54 Å². The Bertz CT molecular complexity index is 583. The van der Waals surface area contributed by atoms with Crippen LogP contribution in [0.15, 0.2) is 30.3 Å². The molecule has 3 heteroatoms. The molecule has 0 aliphatic rings. The van der Waals surface area contributed by atoms with Gasteiger partial charge in [0, 0.05) is 12.2 Å². The summed E-state index contributed by atoms with van der Waals surface area (Å²) >= 11 is 0. The molecule has 19 heavy (non-hydrogen) atoms. The van der Waals surface area contributed by atoms with Crippen molar-refractivity contribution in [3.05, 3.63) is 52.6 Å². The molecule has 2 aromatic rings. The van der Waals surface area contributed by atoms with E-state index < -0.39 is 0 Å². The van der Waals surface area contributed by atoms with Crippen molar-refractivity contribution in [2.45, 2.75) is 27.3 Å². The first kappa shape index (κ1) is 13.3. The highest BCUT2D eigenvalue weighted by atomic mass is 16.3. The molecular weight excluding hydrogens is 238 g/mol. The summed E-state index contributed by atoms with van der Waals surface area (Å²) in [5.41, 5.74) is 5.72. The van der Waals surface area contributed by atoms with Crippen molar-refractivity contribution < 1.29 is 10.2 Å². The minimum absolute atomic E-state index is 0.0864. The van der Waals surface area contributed by atoms with Gasteiger partial charge in [0.15, 0.2) is 11.5 Å². The summed E-state index contributed by atoms with van der Waals surface area (Å²) in [6, 6.07) is 9.15. The van der Waals surface area contributed by atoms with E-state index in [0.717, 1.165) is 11.3 Å². The van der Waals surface area contributed by atoms with Crippen LogP contribution in [0.25, 0.3) is 0 Å². The molecule has 3 nitrogen and oxygen atoms in total. The highest BCUT2D eigenvalue weighted by molar-refractivity contribution is 5.58. The Kier molecular flexibility index (Phi) is 3.65. The van der Waals surface area contributed by atoms with Crippen molar-refractivity contribution in [3.8, 4) is 11.5 Å². The second kappa shape index (κ2) is 5.22. The summed E-state index contributed by atoms with van der Waals surface area (Å²) < 4.78 is 0. The summed E-state index contributed by atoms with van der Waals surface area (Å²) in [5.74, 6) is -0.178. The monoisotopic (exact) mass is 257 g/mol. The molecule has 0 aromatic heterocycles. The van der Waals surface area contributed by atoms with E-state index in [2.05, 4.69) is 38.2 Å². The Morgan fingerprint density at radius 3 is 2.11 bits per heavy atom. The van der Waals surface area contributed by atoms with E-state index in [9.17, 15) is 10.2 Å². The smallest absolute Gasteiger partial charge is 0.157 e. The standard InChI is InChI=1S/C16H19NO2/c1-10-6-11(2)16(12(3)7-10)17-9-13-4-5-14(18)15(19)8-13/h4-8,17-19H,9H2,1-3H3. The van der Waals surface area contributed by atoms with Gasteiger partial charge in [-0.3, -0.25) is 0 Å². The van der Waals surface area contributed by atoms with E-state index in [1.54, 1.807) is 12.1 Å². The number of rotatable bonds is 3. The van der Waals surface area contributed by atoms with Crippen LogP contribution in [-0.4, -0.2) is 10.2 Å². The maximum atomic E-state index is 9.47. The van der Waals surface area contributed by atoms with Gasteiger partial charge in [0.1, 0.15) is 0 Å². The number of hydrogen-bond donors (Lipinski definition) is 3. The van der Waals surface area contributed by atoms with Gasteiger partial charge >= 0.3 is 0 Å². The third-order valence-corrected chi connectivity index (χ3v) is 3.19. The van der Waals surface area contributed by atoms with Gasteiger partial charge in [-0.1, -0.05) is 23.8 Å². The Balaban J connectivity index is 2.16. The van der Waals surface area contributed by atoms with Gasteiger partial charge in [0.25, 0.3) is 0 Å². The molecule has 0 amide bonds. The Labute approximate surface area is 113 Å². The number of phenols is 2. The van der Waals surface area contributed by atoms with Crippen LogP contribution in [0.5, 0.6) is 11.5 Å². The van der Waals surface area contributed by atoms with E-state index in [1.807, 2.05) is 0 Å². The van der Waals surface area contributed by atoms with E-state index in [-0.39, 0.29) is 11.5 Å². The predicted octanol–water partition coefficient (Wildman–Crippen LogP) is 3.64. The Morgan fingerprint density at radius 2 is 1.53 bits per heavy atom. The molecule has 0 heterocycles. The van der Waals surface area contributed by atoms with Crippen LogP contribution in [-0.2, 0) is 6.54 Å². The molecule has 0 unspecified atom stereocenters. The zero-order valence-corrected chi connectivity index (χ0v) is 11.5. The van der Waals surface area contributed by atoms with Crippen LogP contribution in [0.3, 0.4) is 0 Å². The first-order valence-corrected chi connectivity index (χ1v) is 6.30. The highest BCUT2D eigenvalue weighted by Crippen LogP contribution is 2.26. The lowest BCUT2D eigenvalue weighted by Crippen LogP contribution is -2.03. The van der Waals surface area contributed by atoms with Crippen LogP contribution in [0.1, 0.15) is 22.3 Å². The van der Waals surface area contributed by atoms with Crippen LogP contribution in [0, 0.1) is 20.8 Å². The minimum atomic E-state index is -0.0913. The second-order valence-corrected chi connectivity index (χ2v) is 4.95. The number of aryl methyl sites for hydroxylation is 3. The fourth-order valence-electron chi connectivity index (χ4n) is 2.33. The average Bonchev–Trinajstić information content (AvgIpc) is 2.32. The number of benzene rings is 2. The number of nitrogens with one attached hydrogen (secondary N) is 1. The molecule has 0 aliphatic carbocycles. The summed E-state index contributed by atoms with van der Waals surface area (Å²) in [5, 5.41) is 22.1. The van der Waals surface area contributed by atoms with Gasteiger partial charge in [-0.2, -0.15) is 0 Å². The lowest BCUT2D eigenvalue weighted by atomic mass is 10.0. The summed E-state index contributed by atoms with van der Waals surface area (Å²) in [4.78, 5) is 0. The van der Waals surface area contributed by atoms with Crippen LogP contribution in [0.2, 0.25) is 0 Å². The fourth-order valence-corrected chi connectivity index (χ4v) is 2.33. The van der Waals surface area contributed by atoms with Gasteiger partial charge in [-0.05, 0) is 49.6 Å². The van der Waals surface area contributed by atoms with Gasteiger partial charge in [0.2, 0.25) is 0 Å². The first-order chi connectivity index (χ1) is 8.97. The van der Waals surface area contributed by atoms with Crippen LogP contribution < -0.4 is 5.32 Å². The molecule has 0 radical (unpaired) electrons. The zero-order valence-electron chi connectivity index (χ0n) is 11.5. The van der Waals surface area contributed by atoms with Crippen LogP contribution in [0.4, 0.5) is 5.69 Å². The second-order valence-electron chi connectivity index (χ2n) is 4.95. The number of hydrogen-bond acceptors (Lipinski definition) is 3. The number of aromatic hydroxyl groups is 2. The lowest BCUT2D eigenvalue weighted by molar-refractivity contribution is 0.403. The first-order valence-electron chi connectivity index (χ1n) is 6.30. The molecule has 3 N–H and O–H groups in total. The Morgan fingerprint density at radius 1 is 0.895 bits per heavy atom. The van der Waals surface area contributed by atoms with E-state index >= 15 is 0 Å². The lowest BCUT2D eigenvalue weighted by Gasteiger charge is -2.14. The molecule has 0 fully saturated rings. The van der Waals surface area contributed by atoms with Gasteiger partial charge in [-0.25, -0.2) is 0 Å². The zero-order chi connectivity index (χ0) is 14.0. The van der Waals surface area contributed by atoms with Crippen LogP contribution >= 0.6 is 0 Å². The number of anilines is 1. The molecule has 0 spiro atoms. The summed E-state index contributed by atoms with van der Waals surface area (Å²) in [7, 11) is 0. The number of phenolic OH excluding ortho intramolecular Hbond substituents is 2. The minimum Gasteiger partial charge on any atom is -0.504 e. The van der Waals surface area contributed by atoms with Gasteiger partial charge in [0.05, 0.1) is 0 Å². The predicted molar refractivity (Wildman–Crippen MR) is 77.8 cm³/mol. The molecule has 0 saturated carbocycles.